The van der Waals surface area contributed by atoms with Gasteiger partial charge in [-0.05, 0) is 55.9 Å². The quantitative estimate of drug-likeness (QED) is 0.601. The molecule has 1 amide bonds. The van der Waals surface area contributed by atoms with Gasteiger partial charge in [0.1, 0.15) is 5.71 Å². The molecule has 0 bridgehead atoms. The third-order valence-electron chi connectivity index (χ3n) is 5.19. The summed E-state index contributed by atoms with van der Waals surface area (Å²) >= 11 is 6.14. The Bertz CT molecular complexity index is 1010. The minimum absolute atomic E-state index is 0.0517. The van der Waals surface area contributed by atoms with E-state index in [9.17, 15) is 18.0 Å². The van der Waals surface area contributed by atoms with Gasteiger partial charge in [0.05, 0.1) is 10.7 Å². The highest BCUT2D eigenvalue weighted by Gasteiger charge is 2.33. The summed E-state index contributed by atoms with van der Waals surface area (Å²) in [7, 11) is 2.02. The number of hydrogen-bond acceptors (Lipinski definition) is 4. The number of anilines is 1. The Morgan fingerprint density at radius 2 is 1.69 bits per heavy atom. The van der Waals surface area contributed by atoms with Gasteiger partial charge in [0.25, 0.3) is 5.91 Å². The summed E-state index contributed by atoms with van der Waals surface area (Å²) in [6.45, 7) is 3.00. The van der Waals surface area contributed by atoms with Gasteiger partial charge in [-0.3, -0.25) is 10.2 Å². The summed E-state index contributed by atoms with van der Waals surface area (Å²) < 4.78 is 39.0. The van der Waals surface area contributed by atoms with Crippen molar-refractivity contribution in [2.75, 3.05) is 38.5 Å². The maximum Gasteiger partial charge on any atom is 0.432 e. The van der Waals surface area contributed by atoms with Crippen molar-refractivity contribution in [1.29, 1.82) is 5.41 Å². The number of likely N-dealkylation sites (N-methyl/N-ethyl adjacent to an activating group) is 1. The molecule has 1 aliphatic heterocycles. The first-order valence-electron chi connectivity index (χ1n) is 10.1. The van der Waals surface area contributed by atoms with Crippen LogP contribution in [0, 0.1) is 5.41 Å². The molecule has 0 radical (unpaired) electrons. The first-order chi connectivity index (χ1) is 15.1. The van der Waals surface area contributed by atoms with Crippen molar-refractivity contribution >= 4 is 34.6 Å². The van der Waals surface area contributed by atoms with Gasteiger partial charge in [-0.15, -0.1) is 0 Å². The number of alkyl halides is 3. The first kappa shape index (κ1) is 23.8. The van der Waals surface area contributed by atoms with Crippen molar-refractivity contribution in [2.24, 2.45) is 0 Å². The fourth-order valence-electron chi connectivity index (χ4n) is 3.35. The number of halogens is 4. The van der Waals surface area contributed by atoms with Crippen LogP contribution in [0.3, 0.4) is 0 Å². The molecule has 0 unspecified atom stereocenters. The molecule has 1 fully saturated rings. The minimum Gasteiger partial charge on any atom is -0.354 e. The fourth-order valence-corrected chi connectivity index (χ4v) is 3.53. The number of rotatable bonds is 5. The van der Waals surface area contributed by atoms with E-state index in [1.807, 2.05) is 7.05 Å². The molecule has 170 valence electrons. The second kappa shape index (κ2) is 10.2. The molecule has 5 nitrogen and oxygen atoms in total. The van der Waals surface area contributed by atoms with E-state index >= 15 is 0 Å². The summed E-state index contributed by atoms with van der Waals surface area (Å²) in [4.78, 5) is 16.8. The normalized spacial score (nSPS) is 15.9. The van der Waals surface area contributed by atoms with Crippen LogP contribution >= 0.6 is 11.6 Å². The lowest BCUT2D eigenvalue weighted by molar-refractivity contribution is -0.0583. The van der Waals surface area contributed by atoms with E-state index in [2.05, 4.69) is 10.2 Å². The second-order valence-electron chi connectivity index (χ2n) is 7.60. The number of hydrogen-bond donors (Lipinski definition) is 2. The van der Waals surface area contributed by atoms with Crippen LogP contribution in [0.15, 0.2) is 54.6 Å². The van der Waals surface area contributed by atoms with Gasteiger partial charge in [-0.2, -0.15) is 13.2 Å². The molecule has 32 heavy (non-hydrogen) atoms. The Kier molecular flexibility index (Phi) is 7.58. The van der Waals surface area contributed by atoms with Gasteiger partial charge >= 0.3 is 6.18 Å². The zero-order valence-electron chi connectivity index (χ0n) is 17.5. The lowest BCUT2D eigenvalue weighted by Crippen LogP contribution is -2.34. The molecule has 2 aromatic rings. The van der Waals surface area contributed by atoms with E-state index in [0.29, 0.717) is 41.0 Å². The predicted octanol–water partition coefficient (Wildman–Crippen LogP) is 5.15. The lowest BCUT2D eigenvalue weighted by atomic mass is 10.1. The third-order valence-corrected chi connectivity index (χ3v) is 5.52. The largest absolute Gasteiger partial charge is 0.432 e. The van der Waals surface area contributed by atoms with Gasteiger partial charge in [-0.1, -0.05) is 35.9 Å². The molecule has 0 spiro atoms. The molecule has 1 saturated heterocycles. The molecular formula is C23H24ClF3N4O. The summed E-state index contributed by atoms with van der Waals surface area (Å²) in [6.07, 6.45) is -3.19. The van der Waals surface area contributed by atoms with Crippen LogP contribution in [0.1, 0.15) is 22.3 Å². The Hall–Kier alpha value is -2.84. The van der Waals surface area contributed by atoms with Crippen LogP contribution in [0.5, 0.6) is 0 Å². The second-order valence-corrected chi connectivity index (χ2v) is 8.01. The third kappa shape index (κ3) is 6.11. The van der Waals surface area contributed by atoms with Crippen molar-refractivity contribution in [2.45, 2.75) is 12.6 Å². The van der Waals surface area contributed by atoms with E-state index < -0.39 is 11.9 Å². The lowest BCUT2D eigenvalue weighted by Gasteiger charge is -2.21. The van der Waals surface area contributed by atoms with Crippen molar-refractivity contribution < 1.29 is 18.0 Å². The van der Waals surface area contributed by atoms with Gasteiger partial charge < -0.3 is 15.1 Å². The van der Waals surface area contributed by atoms with Crippen LogP contribution in [-0.4, -0.2) is 60.8 Å². The van der Waals surface area contributed by atoms with Gasteiger partial charge in [0.2, 0.25) is 0 Å². The Balaban J connectivity index is 1.86. The molecular weight excluding hydrogens is 441 g/mol. The number of para-hydroxylation sites is 1. The van der Waals surface area contributed by atoms with Crippen LogP contribution in [0.2, 0.25) is 5.02 Å². The minimum atomic E-state index is -4.79. The zero-order valence-corrected chi connectivity index (χ0v) is 18.3. The Morgan fingerprint density at radius 1 is 1.03 bits per heavy atom. The number of carbonyl (C=O) groups is 1. The molecule has 1 aliphatic rings. The molecule has 3 rings (SSSR count). The van der Waals surface area contributed by atoms with Crippen LogP contribution in [-0.2, 0) is 0 Å². The highest BCUT2D eigenvalue weighted by Crippen LogP contribution is 2.27. The maximum atomic E-state index is 13.0. The number of allylic oxidation sites excluding steroid dienone is 1. The average molecular weight is 465 g/mol. The number of nitrogens with zero attached hydrogens (tertiary/aromatic N) is 2. The summed E-state index contributed by atoms with van der Waals surface area (Å²) in [6, 6.07) is 12.9. The maximum absolute atomic E-state index is 13.0. The fraction of sp³-hybridized carbons (Fsp3) is 0.304. The molecule has 0 saturated carbocycles. The van der Waals surface area contributed by atoms with Crippen LogP contribution in [0.4, 0.5) is 18.9 Å². The first-order valence-corrected chi connectivity index (χ1v) is 10.5. The Labute approximate surface area is 190 Å². The SMILES string of the molecule is CN1CCCN(C(=O)c2ccc(/C(=C/C(=N)C(F)(F)F)Nc3ccccc3Cl)cc2)CC1. The van der Waals surface area contributed by atoms with E-state index in [4.69, 9.17) is 17.0 Å². The smallest absolute Gasteiger partial charge is 0.354 e. The molecule has 1 heterocycles. The monoisotopic (exact) mass is 464 g/mol. The van der Waals surface area contributed by atoms with E-state index in [0.717, 1.165) is 19.5 Å². The Morgan fingerprint density at radius 3 is 2.34 bits per heavy atom. The van der Waals surface area contributed by atoms with Gasteiger partial charge in [0.15, 0.2) is 0 Å². The van der Waals surface area contributed by atoms with Crippen molar-refractivity contribution in [3.05, 3.63) is 70.8 Å². The number of benzene rings is 2. The van der Waals surface area contributed by atoms with E-state index in [-0.39, 0.29) is 11.6 Å². The molecule has 2 N–H and O–H groups in total. The zero-order chi connectivity index (χ0) is 23.3. The standard InChI is InChI=1S/C23H24ClF3N4O/c1-30-11-4-12-31(14-13-30)22(32)17-9-7-16(8-10-17)20(15-21(28)23(25,26)27)29-19-6-3-2-5-18(19)24/h2-3,5-10,15,28-29H,4,11-14H2,1H3/b20-15-,28-21?. The summed E-state index contributed by atoms with van der Waals surface area (Å²) in [5.74, 6) is -0.112. The molecule has 0 atom stereocenters. The topological polar surface area (TPSA) is 59.4 Å². The van der Waals surface area contributed by atoms with Gasteiger partial charge in [0, 0.05) is 30.9 Å². The molecule has 9 heteroatoms. The molecule has 2 aromatic carbocycles. The van der Waals surface area contributed by atoms with E-state index in [1.54, 1.807) is 53.4 Å². The molecule has 0 aromatic heterocycles. The van der Waals surface area contributed by atoms with Crippen LogP contribution < -0.4 is 5.32 Å². The van der Waals surface area contributed by atoms with Crippen molar-refractivity contribution in [1.82, 2.24) is 9.80 Å². The number of carbonyl (C=O) groups excluding carboxylic acids is 1. The van der Waals surface area contributed by atoms with Crippen molar-refractivity contribution in [3.63, 3.8) is 0 Å². The van der Waals surface area contributed by atoms with Crippen molar-refractivity contribution in [3.8, 4) is 0 Å². The van der Waals surface area contributed by atoms with Crippen LogP contribution in [0.25, 0.3) is 5.70 Å². The van der Waals surface area contributed by atoms with E-state index in [1.165, 1.54) is 0 Å². The average Bonchev–Trinajstić information content (AvgIpc) is 2.98. The molecule has 0 aliphatic carbocycles. The predicted molar refractivity (Wildman–Crippen MR) is 121 cm³/mol. The van der Waals surface area contributed by atoms with Gasteiger partial charge in [-0.25, -0.2) is 0 Å². The highest BCUT2D eigenvalue weighted by molar-refractivity contribution is 6.33. The highest BCUT2D eigenvalue weighted by atomic mass is 35.5. The summed E-state index contributed by atoms with van der Waals surface area (Å²) in [5, 5.41) is 10.6. The number of amides is 1. The summed E-state index contributed by atoms with van der Waals surface area (Å²) in [5.41, 5.74) is -0.187. The number of nitrogens with one attached hydrogen (secondary N) is 2.